The number of rotatable bonds is 5. The molecule has 1 aromatic rings. The van der Waals surface area contributed by atoms with Crippen LogP contribution < -0.4 is 0 Å². The van der Waals surface area contributed by atoms with Crippen molar-refractivity contribution in [2.75, 3.05) is 27.3 Å². The summed E-state index contributed by atoms with van der Waals surface area (Å²) in [5, 5.41) is 0.212. The van der Waals surface area contributed by atoms with E-state index < -0.39 is 0 Å². The molecule has 1 atom stereocenters. The van der Waals surface area contributed by atoms with Crippen LogP contribution in [0.2, 0.25) is 5.22 Å². The number of methoxy groups -OCH3 is 1. The second kappa shape index (κ2) is 6.27. The van der Waals surface area contributed by atoms with Crippen molar-refractivity contribution >= 4 is 33.4 Å². The van der Waals surface area contributed by atoms with E-state index in [9.17, 15) is 4.79 Å². The van der Waals surface area contributed by atoms with Gasteiger partial charge in [0.05, 0.1) is 11.4 Å². The Balaban J connectivity index is 2.54. The summed E-state index contributed by atoms with van der Waals surface area (Å²) >= 11 is 9.01. The first kappa shape index (κ1) is 13.5. The predicted octanol–water partition coefficient (Wildman–Crippen LogP) is 2.41. The lowest BCUT2D eigenvalue weighted by molar-refractivity contribution is 0.0753. The molecule has 0 saturated carbocycles. The van der Waals surface area contributed by atoms with Crippen molar-refractivity contribution in [2.24, 2.45) is 0 Å². The maximum Gasteiger partial charge on any atom is 0.289 e. The Labute approximate surface area is 108 Å². The minimum absolute atomic E-state index is 0.0943. The maximum atomic E-state index is 11.8. The molecular weight excluding hydrogens is 297 g/mol. The van der Waals surface area contributed by atoms with Gasteiger partial charge >= 0.3 is 0 Å². The SMILES string of the molecule is COCC(Br)CN(C)C(=O)c1ccc(Cl)o1. The molecule has 16 heavy (non-hydrogen) atoms. The molecule has 0 spiro atoms. The largest absolute Gasteiger partial charge is 0.440 e. The molecule has 1 unspecified atom stereocenters. The quantitative estimate of drug-likeness (QED) is 0.784. The van der Waals surface area contributed by atoms with Crippen LogP contribution in [0.5, 0.6) is 0 Å². The first-order valence-electron chi connectivity index (χ1n) is 4.68. The van der Waals surface area contributed by atoms with Gasteiger partial charge in [-0.25, -0.2) is 0 Å². The summed E-state index contributed by atoms with van der Waals surface area (Å²) in [5.74, 6) is 0.0390. The predicted molar refractivity (Wildman–Crippen MR) is 65.3 cm³/mol. The molecule has 1 rings (SSSR count). The monoisotopic (exact) mass is 309 g/mol. The van der Waals surface area contributed by atoms with Crippen molar-refractivity contribution in [3.05, 3.63) is 23.1 Å². The third-order valence-electron chi connectivity index (χ3n) is 1.95. The highest BCUT2D eigenvalue weighted by atomic mass is 79.9. The number of alkyl halides is 1. The third kappa shape index (κ3) is 3.81. The molecule has 0 saturated heterocycles. The minimum atomic E-state index is -0.201. The Morgan fingerprint density at radius 3 is 2.88 bits per heavy atom. The normalized spacial score (nSPS) is 12.5. The van der Waals surface area contributed by atoms with Crippen LogP contribution >= 0.6 is 27.5 Å². The Morgan fingerprint density at radius 1 is 1.69 bits per heavy atom. The smallest absolute Gasteiger partial charge is 0.289 e. The van der Waals surface area contributed by atoms with E-state index in [1.807, 2.05) is 0 Å². The van der Waals surface area contributed by atoms with Crippen LogP contribution in [0.15, 0.2) is 16.5 Å². The average molecular weight is 311 g/mol. The van der Waals surface area contributed by atoms with Gasteiger partial charge in [0.25, 0.3) is 5.91 Å². The topological polar surface area (TPSA) is 42.7 Å². The highest BCUT2D eigenvalue weighted by molar-refractivity contribution is 9.09. The van der Waals surface area contributed by atoms with Gasteiger partial charge in [-0.15, -0.1) is 0 Å². The molecule has 4 nitrogen and oxygen atoms in total. The van der Waals surface area contributed by atoms with Crippen molar-refractivity contribution in [1.82, 2.24) is 4.90 Å². The highest BCUT2D eigenvalue weighted by Gasteiger charge is 2.18. The zero-order chi connectivity index (χ0) is 12.1. The van der Waals surface area contributed by atoms with Crippen LogP contribution in [0, 0.1) is 0 Å². The van der Waals surface area contributed by atoms with Gasteiger partial charge in [-0.2, -0.15) is 0 Å². The average Bonchev–Trinajstić information content (AvgIpc) is 2.64. The van der Waals surface area contributed by atoms with E-state index in [-0.39, 0.29) is 21.7 Å². The van der Waals surface area contributed by atoms with E-state index in [4.69, 9.17) is 20.8 Å². The van der Waals surface area contributed by atoms with Crippen LogP contribution in [0.4, 0.5) is 0 Å². The molecular formula is C10H13BrClNO3. The number of carbonyl (C=O) groups is 1. The fourth-order valence-electron chi connectivity index (χ4n) is 1.23. The van der Waals surface area contributed by atoms with Gasteiger partial charge in [-0.3, -0.25) is 4.79 Å². The first-order valence-corrected chi connectivity index (χ1v) is 5.97. The molecule has 0 N–H and O–H groups in total. The van der Waals surface area contributed by atoms with E-state index in [1.54, 1.807) is 31.2 Å². The van der Waals surface area contributed by atoms with Gasteiger partial charge in [0.1, 0.15) is 0 Å². The Hall–Kier alpha value is -0.520. The number of ether oxygens (including phenoxy) is 1. The number of halogens is 2. The lowest BCUT2D eigenvalue weighted by Gasteiger charge is -2.18. The van der Waals surface area contributed by atoms with Gasteiger partial charge in [0, 0.05) is 20.7 Å². The van der Waals surface area contributed by atoms with Crippen LogP contribution in [-0.4, -0.2) is 42.9 Å². The maximum absolute atomic E-state index is 11.8. The summed E-state index contributed by atoms with van der Waals surface area (Å²) in [6.45, 7) is 1.07. The highest BCUT2D eigenvalue weighted by Crippen LogP contribution is 2.15. The summed E-state index contributed by atoms with van der Waals surface area (Å²) in [6, 6.07) is 3.10. The lowest BCUT2D eigenvalue weighted by Crippen LogP contribution is -2.33. The van der Waals surface area contributed by atoms with E-state index in [0.717, 1.165) is 0 Å². The molecule has 0 fully saturated rings. The fourth-order valence-corrected chi connectivity index (χ4v) is 2.08. The fraction of sp³-hybridized carbons (Fsp3) is 0.500. The number of carbonyl (C=O) groups excluding carboxylic acids is 1. The van der Waals surface area contributed by atoms with Crippen LogP contribution in [-0.2, 0) is 4.74 Å². The Bertz CT molecular complexity index is 356. The molecule has 1 amide bonds. The number of hydrogen-bond donors (Lipinski definition) is 0. The summed E-state index contributed by atoms with van der Waals surface area (Å²) in [6.07, 6.45) is 0. The number of amides is 1. The molecule has 0 aliphatic heterocycles. The molecule has 0 aliphatic carbocycles. The van der Waals surface area contributed by atoms with Gasteiger partial charge in [-0.05, 0) is 23.7 Å². The number of furan rings is 1. The van der Waals surface area contributed by atoms with E-state index >= 15 is 0 Å². The van der Waals surface area contributed by atoms with Crippen molar-refractivity contribution in [2.45, 2.75) is 4.83 Å². The van der Waals surface area contributed by atoms with Crippen LogP contribution in [0.25, 0.3) is 0 Å². The van der Waals surface area contributed by atoms with Crippen molar-refractivity contribution < 1.29 is 13.9 Å². The molecule has 0 radical (unpaired) electrons. The Kier molecular flexibility index (Phi) is 5.31. The van der Waals surface area contributed by atoms with Gasteiger partial charge in [0.2, 0.25) is 0 Å². The second-order valence-electron chi connectivity index (χ2n) is 3.34. The zero-order valence-corrected chi connectivity index (χ0v) is 11.4. The molecule has 6 heteroatoms. The van der Waals surface area contributed by atoms with E-state index in [1.165, 1.54) is 0 Å². The molecule has 0 aromatic carbocycles. The molecule has 0 bridgehead atoms. The van der Waals surface area contributed by atoms with Gasteiger partial charge < -0.3 is 14.1 Å². The zero-order valence-electron chi connectivity index (χ0n) is 9.07. The molecule has 1 aromatic heterocycles. The summed E-state index contributed by atoms with van der Waals surface area (Å²) in [4.78, 5) is 13.5. The summed E-state index contributed by atoms with van der Waals surface area (Å²) < 4.78 is 10.0. The first-order chi connectivity index (χ1) is 7.54. The molecule has 1 heterocycles. The van der Waals surface area contributed by atoms with Gasteiger partial charge in [-0.1, -0.05) is 15.9 Å². The third-order valence-corrected chi connectivity index (χ3v) is 2.71. The minimum Gasteiger partial charge on any atom is -0.440 e. The summed E-state index contributed by atoms with van der Waals surface area (Å²) in [5.41, 5.74) is 0. The van der Waals surface area contributed by atoms with E-state index in [0.29, 0.717) is 13.2 Å². The molecule has 90 valence electrons. The van der Waals surface area contributed by atoms with E-state index in [2.05, 4.69) is 15.9 Å². The van der Waals surface area contributed by atoms with Crippen molar-refractivity contribution in [1.29, 1.82) is 0 Å². The standard InChI is InChI=1S/C10H13BrClNO3/c1-13(5-7(11)6-15-2)10(14)8-3-4-9(12)16-8/h3-4,7H,5-6H2,1-2H3. The number of nitrogens with zero attached hydrogens (tertiary/aromatic N) is 1. The van der Waals surface area contributed by atoms with Crippen molar-refractivity contribution in [3.8, 4) is 0 Å². The summed E-state index contributed by atoms with van der Waals surface area (Å²) in [7, 11) is 3.31. The Morgan fingerprint density at radius 2 is 2.38 bits per heavy atom. The van der Waals surface area contributed by atoms with Gasteiger partial charge in [0.15, 0.2) is 11.0 Å². The lowest BCUT2D eigenvalue weighted by atomic mass is 10.3. The second-order valence-corrected chi connectivity index (χ2v) is 5.01. The number of hydrogen-bond acceptors (Lipinski definition) is 3. The molecule has 0 aliphatic rings. The van der Waals surface area contributed by atoms with Crippen LogP contribution in [0.3, 0.4) is 0 Å². The van der Waals surface area contributed by atoms with Crippen LogP contribution in [0.1, 0.15) is 10.6 Å². The van der Waals surface area contributed by atoms with Crippen molar-refractivity contribution in [3.63, 3.8) is 0 Å².